The van der Waals surface area contributed by atoms with Crippen LogP contribution in [0.2, 0.25) is 0 Å². The van der Waals surface area contributed by atoms with Gasteiger partial charge in [-0.2, -0.15) is 0 Å². The van der Waals surface area contributed by atoms with Crippen LogP contribution in [0.5, 0.6) is 5.75 Å². The van der Waals surface area contributed by atoms with Crippen molar-refractivity contribution < 1.29 is 14.3 Å². The summed E-state index contributed by atoms with van der Waals surface area (Å²) in [5, 5.41) is 7.64. The molecule has 0 unspecified atom stereocenters. The predicted octanol–water partition coefficient (Wildman–Crippen LogP) is 0.0713. The molecule has 100 valence electrons. The Balaban J connectivity index is 2.41. The summed E-state index contributed by atoms with van der Waals surface area (Å²) in [4.78, 5) is 23.6. The topological polar surface area (TPSA) is 112 Å². The molecule has 8 heteroatoms. The van der Waals surface area contributed by atoms with E-state index in [0.29, 0.717) is 22.5 Å². The number of ketones is 1. The fourth-order valence-electron chi connectivity index (χ4n) is 1.65. The minimum absolute atomic E-state index is 0.230. The molecule has 0 saturated carbocycles. The molecule has 1 heterocycles. The van der Waals surface area contributed by atoms with Gasteiger partial charge in [0.1, 0.15) is 17.0 Å². The molecular formula is C11H13N5O3. The molecule has 2 rings (SSSR count). The summed E-state index contributed by atoms with van der Waals surface area (Å²) >= 11 is 0. The van der Waals surface area contributed by atoms with Crippen LogP contribution >= 0.6 is 0 Å². The average Bonchev–Trinajstić information content (AvgIpc) is 2.74. The number of hydrogen-bond donors (Lipinski definition) is 2. The predicted molar refractivity (Wildman–Crippen MR) is 68.2 cm³/mol. The van der Waals surface area contributed by atoms with E-state index in [4.69, 9.17) is 10.5 Å². The zero-order valence-electron chi connectivity index (χ0n) is 10.5. The number of carbonyl (C=O) groups excluding carboxylic acids is 2. The third-order valence-corrected chi connectivity index (χ3v) is 2.45. The molecule has 0 saturated heterocycles. The number of Topliss-reactive ketones (excluding diaryl/α,β-unsaturated/α-hetero) is 1. The second-order valence-corrected chi connectivity index (χ2v) is 3.97. The number of nitrogen functional groups attached to an aromatic ring is 1. The Labute approximate surface area is 108 Å². The molecule has 0 aliphatic carbocycles. The van der Waals surface area contributed by atoms with Gasteiger partial charge in [0.25, 0.3) is 0 Å². The van der Waals surface area contributed by atoms with Gasteiger partial charge in [0, 0.05) is 0 Å². The highest BCUT2D eigenvalue weighted by atomic mass is 16.5. The third kappa shape index (κ3) is 2.46. The number of fused-ring (bicyclic) bond motifs is 1. The number of benzene rings is 1. The number of ether oxygens (including phenoxy) is 1. The number of rotatable bonds is 4. The standard InChI is InChI=1S/C11H13N5O3/c1-6(17)5-9(18)14-16-11-8(19-2)4-3-7(12)10(11)13-15-16/h3-4H,5,12H2,1-2H3,(H,14,18). The third-order valence-electron chi connectivity index (χ3n) is 2.45. The highest BCUT2D eigenvalue weighted by Gasteiger charge is 2.15. The van der Waals surface area contributed by atoms with Crippen molar-refractivity contribution in [2.75, 3.05) is 18.3 Å². The van der Waals surface area contributed by atoms with Crippen molar-refractivity contribution in [2.45, 2.75) is 13.3 Å². The second-order valence-electron chi connectivity index (χ2n) is 3.97. The van der Waals surface area contributed by atoms with Crippen molar-refractivity contribution in [1.82, 2.24) is 15.1 Å². The SMILES string of the molecule is COc1ccc(N)c2nnn(NC(=O)CC(C)=O)c12. The fourth-order valence-corrected chi connectivity index (χ4v) is 1.65. The molecule has 0 spiro atoms. The first-order chi connectivity index (χ1) is 9.02. The Morgan fingerprint density at radius 3 is 2.84 bits per heavy atom. The van der Waals surface area contributed by atoms with E-state index in [1.165, 1.54) is 14.0 Å². The summed E-state index contributed by atoms with van der Waals surface area (Å²) in [5.74, 6) is -0.255. The molecule has 1 aromatic carbocycles. The second kappa shape index (κ2) is 4.92. The van der Waals surface area contributed by atoms with Crippen LogP contribution in [0.1, 0.15) is 13.3 Å². The van der Waals surface area contributed by atoms with Gasteiger partial charge in [-0.05, 0) is 24.3 Å². The van der Waals surface area contributed by atoms with E-state index >= 15 is 0 Å². The molecule has 3 N–H and O–H groups in total. The molecule has 2 aromatic rings. The van der Waals surface area contributed by atoms with Crippen molar-refractivity contribution in [3.63, 3.8) is 0 Å². The summed E-state index contributed by atoms with van der Waals surface area (Å²) in [6.45, 7) is 1.33. The summed E-state index contributed by atoms with van der Waals surface area (Å²) in [5.41, 5.74) is 9.49. The number of nitrogens with one attached hydrogen (secondary N) is 1. The van der Waals surface area contributed by atoms with Crippen LogP contribution in [0, 0.1) is 0 Å². The maximum Gasteiger partial charge on any atom is 0.247 e. The number of methoxy groups -OCH3 is 1. The van der Waals surface area contributed by atoms with E-state index < -0.39 is 5.91 Å². The number of carbonyl (C=O) groups is 2. The summed E-state index contributed by atoms with van der Waals surface area (Å²) in [6.07, 6.45) is -0.230. The molecule has 0 bridgehead atoms. The molecule has 0 aliphatic rings. The van der Waals surface area contributed by atoms with E-state index in [1.807, 2.05) is 0 Å². The van der Waals surface area contributed by atoms with Crippen LogP contribution in [0.4, 0.5) is 5.69 Å². The average molecular weight is 263 g/mol. The largest absolute Gasteiger partial charge is 0.494 e. The van der Waals surface area contributed by atoms with Crippen molar-refractivity contribution in [2.24, 2.45) is 0 Å². The lowest BCUT2D eigenvalue weighted by molar-refractivity contribution is -0.124. The highest BCUT2D eigenvalue weighted by Crippen LogP contribution is 2.27. The van der Waals surface area contributed by atoms with Crippen LogP contribution in [-0.2, 0) is 9.59 Å². The Hall–Kier alpha value is -2.64. The van der Waals surface area contributed by atoms with Crippen molar-refractivity contribution in [1.29, 1.82) is 0 Å². The van der Waals surface area contributed by atoms with Gasteiger partial charge in [-0.25, -0.2) is 5.43 Å². The number of amides is 1. The van der Waals surface area contributed by atoms with Gasteiger partial charge in [-0.15, -0.1) is 9.89 Å². The van der Waals surface area contributed by atoms with Crippen LogP contribution < -0.4 is 15.9 Å². The van der Waals surface area contributed by atoms with Gasteiger partial charge in [0.05, 0.1) is 19.2 Å². The number of nitrogens with zero attached hydrogens (tertiary/aromatic N) is 3. The number of aromatic nitrogens is 3. The minimum atomic E-state index is -0.483. The Bertz CT molecular complexity index is 649. The lowest BCUT2D eigenvalue weighted by Crippen LogP contribution is -2.25. The lowest BCUT2D eigenvalue weighted by atomic mass is 10.2. The molecule has 1 aromatic heterocycles. The molecule has 8 nitrogen and oxygen atoms in total. The van der Waals surface area contributed by atoms with Crippen LogP contribution in [0.25, 0.3) is 11.0 Å². The number of hydrogen-bond acceptors (Lipinski definition) is 6. The van der Waals surface area contributed by atoms with E-state index in [1.54, 1.807) is 12.1 Å². The molecular weight excluding hydrogens is 250 g/mol. The Kier molecular flexibility index (Phi) is 3.32. The summed E-state index contributed by atoms with van der Waals surface area (Å²) in [7, 11) is 1.49. The first kappa shape index (κ1) is 12.8. The zero-order chi connectivity index (χ0) is 14.0. The minimum Gasteiger partial charge on any atom is -0.494 e. The van der Waals surface area contributed by atoms with Gasteiger partial charge < -0.3 is 10.5 Å². The Morgan fingerprint density at radius 1 is 1.47 bits per heavy atom. The van der Waals surface area contributed by atoms with Crippen LogP contribution in [0.15, 0.2) is 12.1 Å². The van der Waals surface area contributed by atoms with Gasteiger partial charge in [-0.3, -0.25) is 9.59 Å². The zero-order valence-corrected chi connectivity index (χ0v) is 10.5. The van der Waals surface area contributed by atoms with Crippen LogP contribution in [-0.4, -0.2) is 33.9 Å². The van der Waals surface area contributed by atoms with E-state index in [2.05, 4.69) is 15.7 Å². The van der Waals surface area contributed by atoms with Crippen molar-refractivity contribution in [3.05, 3.63) is 12.1 Å². The lowest BCUT2D eigenvalue weighted by Gasteiger charge is -2.07. The highest BCUT2D eigenvalue weighted by molar-refractivity contribution is 6.01. The fraction of sp³-hybridized carbons (Fsp3) is 0.273. The summed E-state index contributed by atoms with van der Waals surface area (Å²) < 4.78 is 5.17. The van der Waals surface area contributed by atoms with Crippen LogP contribution in [0.3, 0.4) is 0 Å². The molecule has 1 amide bonds. The first-order valence-corrected chi connectivity index (χ1v) is 5.50. The summed E-state index contributed by atoms with van der Waals surface area (Å²) in [6, 6.07) is 3.28. The van der Waals surface area contributed by atoms with Gasteiger partial charge in [0.15, 0.2) is 5.52 Å². The van der Waals surface area contributed by atoms with Gasteiger partial charge in [0.2, 0.25) is 5.91 Å². The first-order valence-electron chi connectivity index (χ1n) is 5.50. The van der Waals surface area contributed by atoms with E-state index in [-0.39, 0.29) is 12.2 Å². The van der Waals surface area contributed by atoms with Gasteiger partial charge in [-0.1, -0.05) is 0 Å². The maximum absolute atomic E-state index is 11.6. The maximum atomic E-state index is 11.6. The molecule has 0 aliphatic heterocycles. The molecule has 0 radical (unpaired) electrons. The smallest absolute Gasteiger partial charge is 0.247 e. The van der Waals surface area contributed by atoms with Gasteiger partial charge >= 0.3 is 0 Å². The van der Waals surface area contributed by atoms with E-state index in [9.17, 15) is 9.59 Å². The van der Waals surface area contributed by atoms with Crippen molar-refractivity contribution in [3.8, 4) is 5.75 Å². The molecule has 0 atom stereocenters. The number of nitrogens with two attached hydrogens (primary N) is 1. The Morgan fingerprint density at radius 2 is 2.21 bits per heavy atom. The van der Waals surface area contributed by atoms with Crippen molar-refractivity contribution >= 4 is 28.4 Å². The molecule has 0 fully saturated rings. The van der Waals surface area contributed by atoms with E-state index in [0.717, 1.165) is 4.79 Å². The monoisotopic (exact) mass is 263 g/mol. The number of anilines is 1. The molecule has 19 heavy (non-hydrogen) atoms. The quantitative estimate of drug-likeness (QED) is 0.596. The normalized spacial score (nSPS) is 10.4.